The third-order valence-corrected chi connectivity index (χ3v) is 5.44. The van der Waals surface area contributed by atoms with E-state index in [1.54, 1.807) is 6.20 Å². The van der Waals surface area contributed by atoms with Gasteiger partial charge in [-0.3, -0.25) is 4.79 Å². The standard InChI is InChI=1S/C24H23N3O4/c1-14-23(31-15(2)28)18-10-9-16(12-21(18)30-14)26-20-13-29-24-17(20)6-5-7-19(24)27-22-8-3-4-11-25-22/h3-12,14,20,23,26H,13H2,1-2H3,(H,25,27)/t14?,20-,23-/m1/s1. The van der Waals surface area contributed by atoms with Crippen LogP contribution >= 0.6 is 0 Å². The van der Waals surface area contributed by atoms with E-state index in [1.807, 2.05) is 55.5 Å². The molecule has 0 saturated heterocycles. The smallest absolute Gasteiger partial charge is 0.303 e. The molecule has 31 heavy (non-hydrogen) atoms. The minimum Gasteiger partial charge on any atom is -0.489 e. The van der Waals surface area contributed by atoms with Gasteiger partial charge in [-0.1, -0.05) is 18.2 Å². The van der Waals surface area contributed by atoms with Crippen molar-refractivity contribution in [1.82, 2.24) is 4.98 Å². The van der Waals surface area contributed by atoms with Crippen molar-refractivity contribution in [1.29, 1.82) is 0 Å². The number of anilines is 3. The van der Waals surface area contributed by atoms with Crippen LogP contribution in [-0.2, 0) is 9.53 Å². The van der Waals surface area contributed by atoms with Gasteiger partial charge in [0.05, 0.1) is 11.7 Å². The molecule has 0 bridgehead atoms. The van der Waals surface area contributed by atoms with E-state index in [4.69, 9.17) is 14.2 Å². The molecular formula is C24H23N3O4. The first kappa shape index (κ1) is 19.2. The molecule has 1 aromatic heterocycles. The summed E-state index contributed by atoms with van der Waals surface area (Å²) < 4.78 is 17.3. The van der Waals surface area contributed by atoms with Crippen molar-refractivity contribution >= 4 is 23.2 Å². The minimum atomic E-state index is -0.377. The Morgan fingerprint density at radius 2 is 2.03 bits per heavy atom. The molecule has 2 aliphatic heterocycles. The lowest BCUT2D eigenvalue weighted by molar-refractivity contribution is -0.149. The van der Waals surface area contributed by atoms with Crippen molar-refractivity contribution in [2.24, 2.45) is 0 Å². The summed E-state index contributed by atoms with van der Waals surface area (Å²) in [6, 6.07) is 17.7. The molecule has 0 spiro atoms. The van der Waals surface area contributed by atoms with Gasteiger partial charge in [0, 0.05) is 36.0 Å². The summed E-state index contributed by atoms with van der Waals surface area (Å²) in [5, 5.41) is 6.85. The van der Waals surface area contributed by atoms with Crippen LogP contribution in [-0.4, -0.2) is 23.7 Å². The number of nitrogens with zero attached hydrogens (tertiary/aromatic N) is 1. The van der Waals surface area contributed by atoms with E-state index in [1.165, 1.54) is 6.92 Å². The van der Waals surface area contributed by atoms with Gasteiger partial charge in [-0.05, 0) is 37.3 Å². The summed E-state index contributed by atoms with van der Waals surface area (Å²) >= 11 is 0. The maximum Gasteiger partial charge on any atom is 0.303 e. The highest BCUT2D eigenvalue weighted by Crippen LogP contribution is 2.43. The number of aromatic nitrogens is 1. The summed E-state index contributed by atoms with van der Waals surface area (Å²) in [5.74, 6) is 2.01. The molecule has 0 amide bonds. The molecule has 5 rings (SSSR count). The Labute approximate surface area is 180 Å². The zero-order chi connectivity index (χ0) is 21.4. The van der Waals surface area contributed by atoms with Crippen LogP contribution in [0, 0.1) is 0 Å². The predicted molar refractivity (Wildman–Crippen MR) is 117 cm³/mol. The first-order valence-electron chi connectivity index (χ1n) is 10.3. The number of benzene rings is 2. The van der Waals surface area contributed by atoms with E-state index >= 15 is 0 Å². The number of fused-ring (bicyclic) bond motifs is 2. The highest BCUT2D eigenvalue weighted by atomic mass is 16.6. The average molecular weight is 417 g/mol. The summed E-state index contributed by atoms with van der Waals surface area (Å²) in [4.78, 5) is 15.7. The Hall–Kier alpha value is -3.74. The summed E-state index contributed by atoms with van der Waals surface area (Å²) in [5.41, 5.74) is 3.77. The maximum absolute atomic E-state index is 11.4. The third kappa shape index (κ3) is 3.74. The molecule has 158 valence electrons. The van der Waals surface area contributed by atoms with Crippen LogP contribution in [0.1, 0.15) is 37.1 Å². The van der Waals surface area contributed by atoms with Crippen LogP contribution in [0.4, 0.5) is 17.2 Å². The first-order valence-corrected chi connectivity index (χ1v) is 10.3. The number of pyridine rings is 1. The topological polar surface area (TPSA) is 81.7 Å². The summed E-state index contributed by atoms with van der Waals surface area (Å²) in [6.45, 7) is 3.83. The van der Waals surface area contributed by atoms with Gasteiger partial charge < -0.3 is 24.8 Å². The van der Waals surface area contributed by atoms with Gasteiger partial charge in [-0.2, -0.15) is 0 Å². The van der Waals surface area contributed by atoms with Crippen LogP contribution in [0.3, 0.4) is 0 Å². The van der Waals surface area contributed by atoms with Crippen LogP contribution in [0.15, 0.2) is 60.8 Å². The number of rotatable bonds is 5. The van der Waals surface area contributed by atoms with Gasteiger partial charge in [-0.25, -0.2) is 4.98 Å². The van der Waals surface area contributed by atoms with Crippen molar-refractivity contribution in [2.75, 3.05) is 17.2 Å². The van der Waals surface area contributed by atoms with E-state index in [0.29, 0.717) is 6.61 Å². The van der Waals surface area contributed by atoms with Crippen molar-refractivity contribution in [3.63, 3.8) is 0 Å². The fourth-order valence-electron chi connectivity index (χ4n) is 4.05. The van der Waals surface area contributed by atoms with Gasteiger partial charge in [0.25, 0.3) is 0 Å². The summed E-state index contributed by atoms with van der Waals surface area (Å²) in [6.07, 6.45) is 1.15. The number of esters is 1. The fourth-order valence-corrected chi connectivity index (χ4v) is 4.05. The van der Waals surface area contributed by atoms with Gasteiger partial charge in [0.15, 0.2) is 6.10 Å². The van der Waals surface area contributed by atoms with Gasteiger partial charge in [0.1, 0.15) is 30.0 Å². The van der Waals surface area contributed by atoms with Crippen molar-refractivity contribution in [3.8, 4) is 11.5 Å². The molecule has 2 aliphatic rings. The average Bonchev–Trinajstić information content (AvgIpc) is 3.30. The molecule has 2 aromatic carbocycles. The van der Waals surface area contributed by atoms with Crippen molar-refractivity contribution < 1.29 is 19.0 Å². The maximum atomic E-state index is 11.4. The summed E-state index contributed by atoms with van der Waals surface area (Å²) in [7, 11) is 0. The number of hydrogen-bond acceptors (Lipinski definition) is 7. The van der Waals surface area contributed by atoms with Crippen LogP contribution in [0.5, 0.6) is 11.5 Å². The Morgan fingerprint density at radius 3 is 2.84 bits per heavy atom. The lowest BCUT2D eigenvalue weighted by Gasteiger charge is -2.15. The molecule has 3 aromatic rings. The predicted octanol–water partition coefficient (Wildman–Crippen LogP) is 4.76. The van der Waals surface area contributed by atoms with E-state index in [-0.39, 0.29) is 24.2 Å². The Kier molecular flexibility index (Phi) is 4.86. The zero-order valence-corrected chi connectivity index (χ0v) is 17.3. The lowest BCUT2D eigenvalue weighted by atomic mass is 10.0. The van der Waals surface area contributed by atoms with Crippen molar-refractivity contribution in [3.05, 3.63) is 71.9 Å². The zero-order valence-electron chi connectivity index (χ0n) is 17.3. The Bertz CT molecular complexity index is 1120. The number of carbonyl (C=O) groups is 1. The van der Waals surface area contributed by atoms with Crippen LogP contribution in [0.25, 0.3) is 0 Å². The molecule has 0 radical (unpaired) electrons. The molecule has 0 saturated carbocycles. The van der Waals surface area contributed by atoms with E-state index in [2.05, 4.69) is 21.7 Å². The lowest BCUT2D eigenvalue weighted by Crippen LogP contribution is -2.18. The Morgan fingerprint density at radius 1 is 1.13 bits per heavy atom. The van der Waals surface area contributed by atoms with Gasteiger partial charge in [0.2, 0.25) is 0 Å². The molecule has 3 heterocycles. The number of nitrogens with one attached hydrogen (secondary N) is 2. The highest BCUT2D eigenvalue weighted by Gasteiger charge is 2.34. The normalized spacial score (nSPS) is 20.8. The molecule has 7 nitrogen and oxygen atoms in total. The van der Waals surface area contributed by atoms with Crippen molar-refractivity contribution in [2.45, 2.75) is 32.1 Å². The van der Waals surface area contributed by atoms with Crippen LogP contribution < -0.4 is 20.1 Å². The van der Waals surface area contributed by atoms with Gasteiger partial charge >= 0.3 is 5.97 Å². The van der Waals surface area contributed by atoms with Crippen LogP contribution in [0.2, 0.25) is 0 Å². The second-order valence-electron chi connectivity index (χ2n) is 7.68. The second kappa shape index (κ2) is 7.83. The number of carbonyl (C=O) groups excluding carboxylic acids is 1. The molecular weight excluding hydrogens is 394 g/mol. The number of hydrogen-bond donors (Lipinski definition) is 2. The quantitative estimate of drug-likeness (QED) is 0.580. The number of para-hydroxylation sites is 1. The van der Waals surface area contributed by atoms with E-state index < -0.39 is 0 Å². The fraction of sp³-hybridized carbons (Fsp3) is 0.250. The third-order valence-electron chi connectivity index (χ3n) is 5.44. The van der Waals surface area contributed by atoms with E-state index in [0.717, 1.165) is 39.8 Å². The molecule has 0 fully saturated rings. The Balaban J connectivity index is 1.35. The molecule has 2 N–H and O–H groups in total. The monoisotopic (exact) mass is 417 g/mol. The van der Waals surface area contributed by atoms with E-state index in [9.17, 15) is 4.79 Å². The molecule has 1 unspecified atom stereocenters. The highest BCUT2D eigenvalue weighted by molar-refractivity contribution is 5.69. The first-order chi connectivity index (χ1) is 15.1. The molecule has 0 aliphatic carbocycles. The second-order valence-corrected chi connectivity index (χ2v) is 7.68. The molecule has 7 heteroatoms. The SMILES string of the molecule is CC(=O)O[C@H]1c2ccc(N[C@@H]3COc4c(Nc5ccccn5)cccc43)cc2OC1C. The minimum absolute atomic E-state index is 0.00151. The molecule has 3 atom stereocenters. The number of ether oxygens (including phenoxy) is 3. The van der Waals surface area contributed by atoms with Gasteiger partial charge in [-0.15, -0.1) is 0 Å². The largest absolute Gasteiger partial charge is 0.489 e.